The standard InChI is InChI=1S/C16H16ClNO/c1-3-18-15-5-4-12(17)8-14(15)13-7-11(9-19)10(2)6-16(13)18/h4-8,19H,3,9H2,1-2H3. The molecule has 0 spiro atoms. The Morgan fingerprint density at radius 2 is 1.84 bits per heavy atom. The lowest BCUT2D eigenvalue weighted by atomic mass is 10.0. The third-order valence-electron chi connectivity index (χ3n) is 3.77. The molecule has 0 atom stereocenters. The van der Waals surface area contributed by atoms with Gasteiger partial charge in [-0.3, -0.25) is 0 Å². The molecular formula is C16H16ClNO. The molecule has 3 aromatic rings. The Morgan fingerprint density at radius 1 is 1.11 bits per heavy atom. The van der Waals surface area contributed by atoms with Crippen LogP contribution < -0.4 is 0 Å². The lowest BCUT2D eigenvalue weighted by Gasteiger charge is -2.06. The molecule has 1 aromatic heterocycles. The summed E-state index contributed by atoms with van der Waals surface area (Å²) >= 11 is 6.12. The van der Waals surface area contributed by atoms with Crippen molar-refractivity contribution in [1.82, 2.24) is 4.57 Å². The van der Waals surface area contributed by atoms with E-state index in [1.807, 2.05) is 19.1 Å². The van der Waals surface area contributed by atoms with E-state index >= 15 is 0 Å². The minimum atomic E-state index is 0.0706. The molecule has 2 aromatic carbocycles. The number of aromatic nitrogens is 1. The molecule has 3 heteroatoms. The molecule has 0 fully saturated rings. The predicted octanol–water partition coefficient (Wildman–Crippen LogP) is 4.27. The van der Waals surface area contributed by atoms with Crippen molar-refractivity contribution in [3.05, 3.63) is 46.5 Å². The topological polar surface area (TPSA) is 25.2 Å². The minimum Gasteiger partial charge on any atom is -0.392 e. The first-order valence-corrected chi connectivity index (χ1v) is 6.85. The molecule has 2 nitrogen and oxygen atoms in total. The summed E-state index contributed by atoms with van der Waals surface area (Å²) in [7, 11) is 0. The Labute approximate surface area is 117 Å². The molecular weight excluding hydrogens is 258 g/mol. The zero-order valence-corrected chi connectivity index (χ0v) is 11.8. The van der Waals surface area contributed by atoms with Gasteiger partial charge in [-0.05, 0) is 55.3 Å². The summed E-state index contributed by atoms with van der Waals surface area (Å²) in [6.07, 6.45) is 0. The van der Waals surface area contributed by atoms with Crippen LogP contribution in [0.3, 0.4) is 0 Å². The molecule has 0 saturated carbocycles. The average Bonchev–Trinajstić information content (AvgIpc) is 2.69. The highest BCUT2D eigenvalue weighted by atomic mass is 35.5. The average molecular weight is 274 g/mol. The number of aliphatic hydroxyl groups excluding tert-OH is 1. The zero-order valence-electron chi connectivity index (χ0n) is 11.1. The van der Waals surface area contributed by atoms with Crippen molar-refractivity contribution in [2.24, 2.45) is 0 Å². The number of fused-ring (bicyclic) bond motifs is 3. The number of hydrogen-bond acceptors (Lipinski definition) is 1. The molecule has 98 valence electrons. The van der Waals surface area contributed by atoms with Gasteiger partial charge in [0.2, 0.25) is 0 Å². The van der Waals surface area contributed by atoms with Gasteiger partial charge in [0.1, 0.15) is 0 Å². The number of hydrogen-bond donors (Lipinski definition) is 1. The first-order valence-electron chi connectivity index (χ1n) is 6.47. The molecule has 0 aliphatic heterocycles. The Bertz CT molecular complexity index is 773. The van der Waals surface area contributed by atoms with Crippen LogP contribution in [0.15, 0.2) is 30.3 Å². The highest BCUT2D eigenvalue weighted by Crippen LogP contribution is 2.32. The maximum Gasteiger partial charge on any atom is 0.0684 e. The van der Waals surface area contributed by atoms with E-state index in [4.69, 9.17) is 11.6 Å². The molecule has 0 bridgehead atoms. The maximum atomic E-state index is 9.44. The number of halogens is 1. The van der Waals surface area contributed by atoms with Crippen LogP contribution in [-0.2, 0) is 13.2 Å². The lowest BCUT2D eigenvalue weighted by molar-refractivity contribution is 0.281. The van der Waals surface area contributed by atoms with Crippen molar-refractivity contribution in [3.63, 3.8) is 0 Å². The Hall–Kier alpha value is -1.51. The predicted molar refractivity (Wildman–Crippen MR) is 80.8 cm³/mol. The summed E-state index contributed by atoms with van der Waals surface area (Å²) < 4.78 is 2.29. The van der Waals surface area contributed by atoms with E-state index in [2.05, 4.69) is 29.7 Å². The van der Waals surface area contributed by atoms with Crippen molar-refractivity contribution in [3.8, 4) is 0 Å². The highest BCUT2D eigenvalue weighted by Gasteiger charge is 2.12. The first-order chi connectivity index (χ1) is 9.15. The summed E-state index contributed by atoms with van der Waals surface area (Å²) in [6, 6.07) is 10.2. The molecule has 0 aliphatic rings. The number of nitrogens with zero attached hydrogens (tertiary/aromatic N) is 1. The molecule has 1 N–H and O–H groups in total. The number of aryl methyl sites for hydroxylation is 2. The van der Waals surface area contributed by atoms with E-state index in [-0.39, 0.29) is 6.61 Å². The van der Waals surface area contributed by atoms with Crippen LogP contribution in [0.4, 0.5) is 0 Å². The lowest BCUT2D eigenvalue weighted by Crippen LogP contribution is -1.94. The molecule has 0 unspecified atom stereocenters. The Morgan fingerprint density at radius 3 is 2.53 bits per heavy atom. The zero-order chi connectivity index (χ0) is 13.6. The second kappa shape index (κ2) is 4.55. The highest BCUT2D eigenvalue weighted by molar-refractivity contribution is 6.31. The van der Waals surface area contributed by atoms with E-state index in [0.717, 1.165) is 33.5 Å². The normalized spacial score (nSPS) is 11.6. The second-order valence-corrected chi connectivity index (χ2v) is 5.30. The van der Waals surface area contributed by atoms with Crippen molar-refractivity contribution >= 4 is 33.4 Å². The van der Waals surface area contributed by atoms with Crippen molar-refractivity contribution in [2.45, 2.75) is 27.0 Å². The van der Waals surface area contributed by atoms with Gasteiger partial charge in [0, 0.05) is 33.4 Å². The largest absolute Gasteiger partial charge is 0.392 e. The fourth-order valence-electron chi connectivity index (χ4n) is 2.78. The summed E-state index contributed by atoms with van der Waals surface area (Å²) in [5, 5.41) is 12.5. The number of aliphatic hydroxyl groups is 1. The van der Waals surface area contributed by atoms with Crippen LogP contribution in [0.5, 0.6) is 0 Å². The van der Waals surface area contributed by atoms with Gasteiger partial charge in [0.25, 0.3) is 0 Å². The van der Waals surface area contributed by atoms with Crippen molar-refractivity contribution < 1.29 is 5.11 Å². The Balaban J connectivity index is 2.52. The SMILES string of the molecule is CCn1c2ccc(Cl)cc2c2cc(CO)c(C)cc21. The third kappa shape index (κ3) is 1.83. The molecule has 0 aliphatic carbocycles. The fourth-order valence-corrected chi connectivity index (χ4v) is 2.95. The summed E-state index contributed by atoms with van der Waals surface area (Å²) in [5.41, 5.74) is 4.49. The summed E-state index contributed by atoms with van der Waals surface area (Å²) in [5.74, 6) is 0. The summed E-state index contributed by atoms with van der Waals surface area (Å²) in [6.45, 7) is 5.17. The third-order valence-corrected chi connectivity index (χ3v) is 4.01. The van der Waals surface area contributed by atoms with Crippen LogP contribution in [0.1, 0.15) is 18.1 Å². The van der Waals surface area contributed by atoms with E-state index in [0.29, 0.717) is 0 Å². The van der Waals surface area contributed by atoms with Crippen LogP contribution in [0.25, 0.3) is 21.8 Å². The van der Waals surface area contributed by atoms with Gasteiger partial charge in [0.15, 0.2) is 0 Å². The Kier molecular flexibility index (Phi) is 3.00. The number of benzene rings is 2. The molecule has 1 heterocycles. The molecule has 0 radical (unpaired) electrons. The second-order valence-electron chi connectivity index (χ2n) is 4.86. The van der Waals surface area contributed by atoms with Gasteiger partial charge in [-0.2, -0.15) is 0 Å². The van der Waals surface area contributed by atoms with Crippen LogP contribution in [-0.4, -0.2) is 9.67 Å². The van der Waals surface area contributed by atoms with Crippen LogP contribution in [0.2, 0.25) is 5.02 Å². The molecule has 3 rings (SSSR count). The van der Waals surface area contributed by atoms with Gasteiger partial charge in [-0.1, -0.05) is 11.6 Å². The molecule has 0 amide bonds. The van der Waals surface area contributed by atoms with Gasteiger partial charge < -0.3 is 9.67 Å². The van der Waals surface area contributed by atoms with Gasteiger partial charge in [-0.15, -0.1) is 0 Å². The quantitative estimate of drug-likeness (QED) is 0.741. The van der Waals surface area contributed by atoms with Crippen molar-refractivity contribution in [1.29, 1.82) is 0 Å². The number of rotatable bonds is 2. The molecule has 19 heavy (non-hydrogen) atoms. The van der Waals surface area contributed by atoms with Crippen LogP contribution in [0, 0.1) is 6.92 Å². The van der Waals surface area contributed by atoms with Gasteiger partial charge in [0.05, 0.1) is 6.61 Å². The van der Waals surface area contributed by atoms with E-state index in [9.17, 15) is 5.11 Å². The van der Waals surface area contributed by atoms with Gasteiger partial charge >= 0.3 is 0 Å². The van der Waals surface area contributed by atoms with E-state index in [1.165, 1.54) is 11.0 Å². The van der Waals surface area contributed by atoms with E-state index < -0.39 is 0 Å². The first kappa shape index (κ1) is 12.5. The van der Waals surface area contributed by atoms with E-state index in [1.54, 1.807) is 0 Å². The maximum absolute atomic E-state index is 9.44. The fraction of sp³-hybridized carbons (Fsp3) is 0.250. The minimum absolute atomic E-state index is 0.0706. The molecule has 0 saturated heterocycles. The van der Waals surface area contributed by atoms with Crippen molar-refractivity contribution in [2.75, 3.05) is 0 Å². The smallest absolute Gasteiger partial charge is 0.0684 e. The van der Waals surface area contributed by atoms with Crippen LogP contribution >= 0.6 is 11.6 Å². The summed E-state index contributed by atoms with van der Waals surface area (Å²) in [4.78, 5) is 0. The monoisotopic (exact) mass is 273 g/mol. The van der Waals surface area contributed by atoms with Gasteiger partial charge in [-0.25, -0.2) is 0 Å².